The van der Waals surface area contributed by atoms with Crippen LogP contribution in [0.2, 0.25) is 0 Å². The molecule has 2 aliphatic heterocycles. The van der Waals surface area contributed by atoms with Gasteiger partial charge < -0.3 is 19.9 Å². The van der Waals surface area contributed by atoms with Crippen molar-refractivity contribution in [1.82, 2.24) is 15.1 Å². The van der Waals surface area contributed by atoms with Gasteiger partial charge in [-0.25, -0.2) is 4.79 Å². The molecule has 3 unspecified atom stereocenters. The Kier molecular flexibility index (Phi) is 5.15. The van der Waals surface area contributed by atoms with Crippen LogP contribution in [-0.2, 0) is 4.74 Å². The highest BCUT2D eigenvalue weighted by molar-refractivity contribution is 5.69. The molecule has 5 heteroatoms. The summed E-state index contributed by atoms with van der Waals surface area (Å²) in [6.07, 6.45) is 3.18. The molecule has 2 rings (SSSR count). The van der Waals surface area contributed by atoms with Crippen molar-refractivity contribution in [3.63, 3.8) is 0 Å². The standard InChI is InChI=1S/C16H31N3O2/c1-12-9-13(11-18(12)5)17-10-14-7-6-8-19(14)15(20)21-16(2,3)4/h12-14,17H,6-11H2,1-5H3. The predicted octanol–water partition coefficient (Wildman–Crippen LogP) is 2.07. The van der Waals surface area contributed by atoms with Gasteiger partial charge in [-0.2, -0.15) is 0 Å². The van der Waals surface area contributed by atoms with Crippen LogP contribution >= 0.6 is 0 Å². The quantitative estimate of drug-likeness (QED) is 0.866. The van der Waals surface area contributed by atoms with Crippen molar-refractivity contribution < 1.29 is 9.53 Å². The molecule has 5 nitrogen and oxygen atoms in total. The van der Waals surface area contributed by atoms with E-state index in [-0.39, 0.29) is 12.1 Å². The second-order valence-corrected chi connectivity index (χ2v) is 7.60. The fraction of sp³-hybridized carbons (Fsp3) is 0.938. The molecular formula is C16H31N3O2. The van der Waals surface area contributed by atoms with E-state index in [1.807, 2.05) is 25.7 Å². The van der Waals surface area contributed by atoms with Crippen LogP contribution < -0.4 is 5.32 Å². The number of likely N-dealkylation sites (N-methyl/N-ethyl adjacent to an activating group) is 1. The number of likely N-dealkylation sites (tertiary alicyclic amines) is 2. The average Bonchev–Trinajstić information content (AvgIpc) is 2.92. The number of hydrogen-bond acceptors (Lipinski definition) is 4. The molecule has 0 bridgehead atoms. The van der Waals surface area contributed by atoms with Crippen molar-refractivity contribution in [3.8, 4) is 0 Å². The van der Waals surface area contributed by atoms with E-state index in [1.54, 1.807) is 0 Å². The highest BCUT2D eigenvalue weighted by Crippen LogP contribution is 2.21. The molecule has 3 atom stereocenters. The van der Waals surface area contributed by atoms with Crippen molar-refractivity contribution in [2.24, 2.45) is 0 Å². The molecule has 0 spiro atoms. The number of hydrogen-bond donors (Lipinski definition) is 1. The van der Waals surface area contributed by atoms with Crippen molar-refractivity contribution in [2.75, 3.05) is 26.7 Å². The van der Waals surface area contributed by atoms with Gasteiger partial charge in [0.25, 0.3) is 0 Å². The molecule has 0 aliphatic carbocycles. The fourth-order valence-electron chi connectivity index (χ4n) is 3.25. The van der Waals surface area contributed by atoms with Crippen LogP contribution in [0.3, 0.4) is 0 Å². The molecule has 1 amide bonds. The smallest absolute Gasteiger partial charge is 0.410 e. The van der Waals surface area contributed by atoms with Gasteiger partial charge in [-0.15, -0.1) is 0 Å². The molecule has 0 aromatic heterocycles. The Bertz CT molecular complexity index is 357. The molecule has 21 heavy (non-hydrogen) atoms. The minimum Gasteiger partial charge on any atom is -0.444 e. The molecule has 2 heterocycles. The summed E-state index contributed by atoms with van der Waals surface area (Å²) in [7, 11) is 2.18. The van der Waals surface area contributed by atoms with Gasteiger partial charge in [0.15, 0.2) is 0 Å². The summed E-state index contributed by atoms with van der Waals surface area (Å²) >= 11 is 0. The summed E-state index contributed by atoms with van der Waals surface area (Å²) in [6, 6.07) is 1.47. The SMILES string of the molecule is CC1CC(NCC2CCCN2C(=O)OC(C)(C)C)CN1C. The van der Waals surface area contributed by atoms with Crippen molar-refractivity contribution in [1.29, 1.82) is 0 Å². The number of rotatable bonds is 3. The molecular weight excluding hydrogens is 266 g/mol. The molecule has 1 N–H and O–H groups in total. The molecule has 2 saturated heterocycles. The van der Waals surface area contributed by atoms with Crippen LogP contribution in [0.5, 0.6) is 0 Å². The lowest BCUT2D eigenvalue weighted by Gasteiger charge is -2.29. The monoisotopic (exact) mass is 297 g/mol. The van der Waals surface area contributed by atoms with Crippen LogP contribution in [0.4, 0.5) is 4.79 Å². The van der Waals surface area contributed by atoms with Gasteiger partial charge in [-0.05, 0) is 54.0 Å². The van der Waals surface area contributed by atoms with Gasteiger partial charge in [0.2, 0.25) is 0 Å². The average molecular weight is 297 g/mol. The van der Waals surface area contributed by atoms with E-state index >= 15 is 0 Å². The first kappa shape index (κ1) is 16.6. The highest BCUT2D eigenvalue weighted by atomic mass is 16.6. The summed E-state index contributed by atoms with van der Waals surface area (Å²) in [4.78, 5) is 16.5. The zero-order chi connectivity index (χ0) is 15.6. The number of amides is 1. The Morgan fingerprint density at radius 1 is 1.38 bits per heavy atom. The van der Waals surface area contributed by atoms with Gasteiger partial charge >= 0.3 is 6.09 Å². The molecule has 0 radical (unpaired) electrons. The Hall–Kier alpha value is -0.810. The Morgan fingerprint density at radius 2 is 2.10 bits per heavy atom. The van der Waals surface area contributed by atoms with Gasteiger partial charge in [0.1, 0.15) is 5.60 Å². The van der Waals surface area contributed by atoms with Gasteiger partial charge in [0.05, 0.1) is 0 Å². The lowest BCUT2D eigenvalue weighted by Crippen LogP contribution is -2.46. The zero-order valence-electron chi connectivity index (χ0n) is 14.2. The van der Waals surface area contributed by atoms with Crippen LogP contribution in [-0.4, -0.2) is 66.3 Å². The second kappa shape index (κ2) is 6.53. The number of carbonyl (C=O) groups excluding carboxylic acids is 1. The van der Waals surface area contributed by atoms with E-state index in [0.29, 0.717) is 12.1 Å². The summed E-state index contributed by atoms with van der Waals surface area (Å²) in [5, 5.41) is 3.64. The Morgan fingerprint density at radius 3 is 2.67 bits per heavy atom. The van der Waals surface area contributed by atoms with Gasteiger partial charge in [0, 0.05) is 37.8 Å². The van der Waals surface area contributed by atoms with Gasteiger partial charge in [-0.3, -0.25) is 0 Å². The van der Waals surface area contributed by atoms with E-state index in [4.69, 9.17) is 4.74 Å². The summed E-state index contributed by atoms with van der Waals surface area (Å²) < 4.78 is 5.51. The largest absolute Gasteiger partial charge is 0.444 e. The fourth-order valence-corrected chi connectivity index (χ4v) is 3.25. The number of carbonyl (C=O) groups is 1. The number of nitrogens with one attached hydrogen (secondary N) is 1. The summed E-state index contributed by atoms with van der Waals surface area (Å²) in [6.45, 7) is 10.8. The lowest BCUT2D eigenvalue weighted by molar-refractivity contribution is 0.0225. The third-order valence-electron chi connectivity index (χ3n) is 4.53. The first-order chi connectivity index (χ1) is 9.76. The Balaban J connectivity index is 1.81. The maximum absolute atomic E-state index is 12.2. The lowest BCUT2D eigenvalue weighted by atomic mass is 10.1. The maximum Gasteiger partial charge on any atom is 0.410 e. The third kappa shape index (κ3) is 4.58. The minimum atomic E-state index is -0.415. The van der Waals surface area contributed by atoms with Crippen LogP contribution in [0, 0.1) is 0 Å². The predicted molar refractivity (Wildman–Crippen MR) is 84.5 cm³/mol. The first-order valence-corrected chi connectivity index (χ1v) is 8.19. The minimum absolute atomic E-state index is 0.163. The third-order valence-corrected chi connectivity index (χ3v) is 4.53. The maximum atomic E-state index is 12.2. The number of nitrogens with zero attached hydrogens (tertiary/aromatic N) is 2. The zero-order valence-corrected chi connectivity index (χ0v) is 14.2. The van der Waals surface area contributed by atoms with Crippen LogP contribution in [0.15, 0.2) is 0 Å². The topological polar surface area (TPSA) is 44.8 Å². The van der Waals surface area contributed by atoms with Crippen molar-refractivity contribution in [3.05, 3.63) is 0 Å². The van der Waals surface area contributed by atoms with E-state index in [9.17, 15) is 4.79 Å². The normalized spacial score (nSPS) is 30.9. The highest BCUT2D eigenvalue weighted by Gasteiger charge is 2.33. The second-order valence-electron chi connectivity index (χ2n) is 7.60. The first-order valence-electron chi connectivity index (χ1n) is 8.19. The van der Waals surface area contributed by atoms with E-state index in [1.165, 1.54) is 6.42 Å². The van der Waals surface area contributed by atoms with Crippen LogP contribution in [0.25, 0.3) is 0 Å². The van der Waals surface area contributed by atoms with Crippen molar-refractivity contribution >= 4 is 6.09 Å². The molecule has 2 aliphatic rings. The van der Waals surface area contributed by atoms with Crippen LogP contribution in [0.1, 0.15) is 47.0 Å². The Labute approximate surface area is 129 Å². The summed E-state index contributed by atoms with van der Waals surface area (Å²) in [5.74, 6) is 0. The molecule has 0 saturated carbocycles. The molecule has 0 aromatic carbocycles. The molecule has 2 fully saturated rings. The van der Waals surface area contributed by atoms with E-state index < -0.39 is 5.60 Å². The van der Waals surface area contributed by atoms with E-state index in [2.05, 4.69) is 24.2 Å². The number of ether oxygens (including phenoxy) is 1. The molecule has 0 aromatic rings. The van der Waals surface area contributed by atoms with Crippen molar-refractivity contribution in [2.45, 2.75) is 70.7 Å². The van der Waals surface area contributed by atoms with Gasteiger partial charge in [-0.1, -0.05) is 0 Å². The van der Waals surface area contributed by atoms with E-state index in [0.717, 1.165) is 32.5 Å². The summed E-state index contributed by atoms with van der Waals surface area (Å²) in [5.41, 5.74) is -0.415. The molecule has 122 valence electrons.